The molecule has 0 heterocycles. The van der Waals surface area contributed by atoms with Crippen molar-refractivity contribution in [2.75, 3.05) is 47.2 Å². The van der Waals surface area contributed by atoms with Gasteiger partial charge in [0.25, 0.3) is 0 Å². The Morgan fingerprint density at radius 1 is 0.750 bits per heavy atom. The Morgan fingerprint density at radius 2 is 1.25 bits per heavy atom. The molecule has 3 aromatic rings. The minimum atomic E-state index is -5.98. The van der Waals surface area contributed by atoms with Crippen molar-refractivity contribution in [1.29, 1.82) is 0 Å². The van der Waals surface area contributed by atoms with E-state index in [4.69, 9.17) is 0 Å². The number of hydrogen-bond acceptors (Lipinski definition) is 8. The zero-order valence-electron chi connectivity index (χ0n) is 32.7. The van der Waals surface area contributed by atoms with E-state index >= 15 is 0 Å². The van der Waals surface area contributed by atoms with Crippen LogP contribution >= 0.6 is 12.2 Å². The van der Waals surface area contributed by atoms with E-state index in [2.05, 4.69) is 174 Å². The summed E-state index contributed by atoms with van der Waals surface area (Å²) in [5, 5.41) is 0. The van der Waals surface area contributed by atoms with Crippen LogP contribution in [-0.4, -0.2) is 102 Å². The van der Waals surface area contributed by atoms with Crippen LogP contribution in [0.15, 0.2) is 133 Å². The number of alkyl halides is 6. The Kier molecular flexibility index (Phi) is 20.6. The van der Waals surface area contributed by atoms with Crippen LogP contribution in [-0.2, 0) is 28.8 Å². The van der Waals surface area contributed by atoms with Crippen molar-refractivity contribution in [1.82, 2.24) is 8.61 Å². The lowest BCUT2D eigenvalue weighted by atomic mass is 9.94. The molecule has 0 aromatic heterocycles. The van der Waals surface area contributed by atoms with Gasteiger partial charge in [-0.15, -0.1) is 22.4 Å². The van der Waals surface area contributed by atoms with Gasteiger partial charge in [-0.1, -0.05) is 98.5 Å². The first kappa shape index (κ1) is 52.7. The van der Waals surface area contributed by atoms with Gasteiger partial charge in [-0.05, 0) is 57.7 Å². The number of anilines is 1. The van der Waals surface area contributed by atoms with Crippen LogP contribution in [0, 0.1) is 0 Å². The minimum absolute atomic E-state index is 0. The third kappa shape index (κ3) is 15.7. The van der Waals surface area contributed by atoms with E-state index in [0.29, 0.717) is 0 Å². The molecule has 0 aliphatic heterocycles. The fourth-order valence-electron chi connectivity index (χ4n) is 4.85. The van der Waals surface area contributed by atoms with Crippen LogP contribution in [0.2, 0.25) is 0 Å². The van der Waals surface area contributed by atoms with Crippen LogP contribution < -0.4 is 4.90 Å². The molecule has 0 saturated heterocycles. The highest BCUT2D eigenvalue weighted by molar-refractivity contribution is 7.92. The quantitative estimate of drug-likeness (QED) is 0.0206. The fourth-order valence-corrected chi connectivity index (χ4v) is 5.84. The molecule has 4 radical (unpaired) electrons. The average Bonchev–Trinajstić information content (AvgIpc) is 3.17. The van der Waals surface area contributed by atoms with Crippen molar-refractivity contribution in [2.24, 2.45) is 0 Å². The zero-order chi connectivity index (χ0) is 43.3. The highest BCUT2D eigenvalue weighted by atomic mass is 32.2. The third-order valence-corrected chi connectivity index (χ3v) is 10.1. The highest BCUT2D eigenvalue weighted by Gasteiger charge is 2.50. The first-order valence-electron chi connectivity index (χ1n) is 17.0. The van der Waals surface area contributed by atoms with Crippen molar-refractivity contribution in [3.63, 3.8) is 0 Å². The van der Waals surface area contributed by atoms with Gasteiger partial charge in [0.15, 0.2) is 17.9 Å². The van der Waals surface area contributed by atoms with Gasteiger partial charge in [0.2, 0.25) is 11.8 Å². The summed E-state index contributed by atoms with van der Waals surface area (Å²) < 4.78 is 98.3. The van der Waals surface area contributed by atoms with Crippen molar-refractivity contribution >= 4 is 65.0 Å². The van der Waals surface area contributed by atoms with Crippen LogP contribution in [0.3, 0.4) is 0 Å². The predicted octanol–water partition coefficient (Wildman–Crippen LogP) is 8.46. The normalized spacial score (nSPS) is 12.8. The summed E-state index contributed by atoms with van der Waals surface area (Å²) >= 11 is -0.323. The van der Waals surface area contributed by atoms with Crippen LogP contribution in [0.25, 0.3) is 11.1 Å². The molecule has 0 fully saturated rings. The number of carbonyl (C=O) groups excluding carboxylic acids is 2. The molecular formula is C41H45BF6N4O6S2. The standard InChI is InChI=1S/C33H33N2.C7H8F6N2O6S2.CH4.B/c1-34(2)30-22-18-28(19-23-30)32(26-12-7-5-8-13-26)16-11-17-33(27-14-9-6-10-15-27)29-20-24-31(25-21-29)35(3)4;1-14(22-21-20-6(8,9)10)4(16)3-5(17)15(2)23(18,19)7(11,12)13;;/h5-25H,1-4H3;3H2,1-2H3;1H4;/q+1;;;-1. The summed E-state index contributed by atoms with van der Waals surface area (Å²) in [6, 6.07) is 29.9. The van der Waals surface area contributed by atoms with Gasteiger partial charge in [0.1, 0.15) is 20.5 Å². The summed E-state index contributed by atoms with van der Waals surface area (Å²) in [5.74, 6) is -3.09. The molecule has 3 aromatic carbocycles. The third-order valence-electron chi connectivity index (χ3n) is 8.01. The second-order valence-corrected chi connectivity index (χ2v) is 15.3. The smallest absolute Gasteiger partial charge is 0.550 e. The zero-order valence-corrected chi connectivity index (χ0v) is 34.4. The Balaban J connectivity index is 0.000000634. The first-order chi connectivity index (χ1) is 27.1. The van der Waals surface area contributed by atoms with Gasteiger partial charge < -0.3 is 13.3 Å². The average molecular weight is 879 g/mol. The first-order valence-corrected chi connectivity index (χ1v) is 19.1. The molecule has 60 heavy (non-hydrogen) atoms. The van der Waals surface area contributed by atoms with E-state index in [-0.39, 0.29) is 39.4 Å². The van der Waals surface area contributed by atoms with Gasteiger partial charge in [0.05, 0.1) is 0 Å². The number of allylic oxidation sites excluding steroid dienone is 9. The second-order valence-electron chi connectivity index (χ2n) is 12.5. The Hall–Kier alpha value is -5.37. The summed E-state index contributed by atoms with van der Waals surface area (Å²) in [7, 11) is 3.36. The molecule has 4 rings (SSSR count). The van der Waals surface area contributed by atoms with Crippen molar-refractivity contribution < 1.29 is 58.1 Å². The Bertz CT molecular complexity index is 2170. The predicted molar refractivity (Wildman–Crippen MR) is 226 cm³/mol. The maximum Gasteiger partial charge on any atom is 0.550 e. The van der Waals surface area contributed by atoms with Crippen LogP contribution in [0.5, 0.6) is 0 Å². The molecule has 0 spiro atoms. The van der Waals surface area contributed by atoms with Crippen molar-refractivity contribution in [3.8, 4) is 0 Å². The molecule has 0 bridgehead atoms. The number of sulfonamides is 1. The Morgan fingerprint density at radius 3 is 1.72 bits per heavy atom. The van der Waals surface area contributed by atoms with E-state index in [1.807, 2.05) is 0 Å². The van der Waals surface area contributed by atoms with Gasteiger partial charge in [0, 0.05) is 46.0 Å². The van der Waals surface area contributed by atoms with Gasteiger partial charge in [-0.3, -0.25) is 13.9 Å². The number of amides is 2. The number of benzene rings is 3. The van der Waals surface area contributed by atoms with Crippen LogP contribution in [0.1, 0.15) is 30.5 Å². The second kappa shape index (κ2) is 23.4. The summed E-state index contributed by atoms with van der Waals surface area (Å²) in [4.78, 5) is 27.6. The highest BCUT2D eigenvalue weighted by Crippen LogP contribution is 2.29. The molecule has 0 N–H and O–H groups in total. The summed E-state index contributed by atoms with van der Waals surface area (Å²) in [6.07, 6.45) is 8.80. The maximum absolute atomic E-state index is 12.2. The number of carbonyl (C=O) groups is 2. The largest absolute Gasteiger partial charge is 1.00 e. The molecule has 0 atom stereocenters. The number of nitrogens with zero attached hydrogens (tertiary/aromatic N) is 4. The van der Waals surface area contributed by atoms with Gasteiger partial charge >= 0.3 is 21.9 Å². The van der Waals surface area contributed by atoms with Crippen molar-refractivity contribution in [3.05, 3.63) is 150 Å². The maximum atomic E-state index is 12.2. The molecular weight excluding hydrogens is 833 g/mol. The molecule has 0 saturated carbocycles. The molecule has 1 aliphatic carbocycles. The molecule has 10 nitrogen and oxygen atoms in total. The summed E-state index contributed by atoms with van der Waals surface area (Å²) in [6.45, 7) is 0. The molecule has 322 valence electrons. The minimum Gasteiger partial charge on any atom is -1.00 e. The Labute approximate surface area is 353 Å². The van der Waals surface area contributed by atoms with E-state index in [1.54, 1.807) is 0 Å². The molecule has 1 aliphatic rings. The number of rotatable bonds is 12. The van der Waals surface area contributed by atoms with Crippen LogP contribution in [0.4, 0.5) is 32.0 Å². The van der Waals surface area contributed by atoms with E-state index in [0.717, 1.165) is 7.05 Å². The molecule has 19 heteroatoms. The molecule has 2 amide bonds. The lowest BCUT2D eigenvalue weighted by Gasteiger charge is -2.20. The fraction of sp³-hybridized carbons (Fsp3) is 0.244. The summed E-state index contributed by atoms with van der Waals surface area (Å²) in [5.41, 5.74) is 3.81. The number of hydrogen-bond donors (Lipinski definition) is 0. The van der Waals surface area contributed by atoms with E-state index in [1.165, 1.54) is 44.8 Å². The topological polar surface area (TPSA) is 99.5 Å². The monoisotopic (exact) mass is 878 g/mol. The lowest BCUT2D eigenvalue weighted by Crippen LogP contribution is -2.43. The van der Waals surface area contributed by atoms with Crippen molar-refractivity contribution in [2.45, 2.75) is 25.7 Å². The van der Waals surface area contributed by atoms with E-state index < -0.39 is 44.4 Å². The lowest BCUT2D eigenvalue weighted by molar-refractivity contribution is -0.462. The van der Waals surface area contributed by atoms with Gasteiger partial charge in [-0.25, -0.2) is 8.88 Å². The van der Waals surface area contributed by atoms with Gasteiger partial charge in [-0.2, -0.15) is 21.6 Å². The molecule has 0 unspecified atom stereocenters. The SMILES string of the molecule is C.CN(C)c1ccc(/C(=C\C=CC(=C2C=CC(=[N+](C)C)C=C2)c2ccccc2)c2ccccc2)cc1.CN(SOOC(F)(F)F)C(=O)CC(=O)N(C)S(=O)(=O)C(F)(F)F.[B-]. The van der Waals surface area contributed by atoms with E-state index in [9.17, 15) is 44.3 Å². The number of halogens is 6.